The highest BCUT2D eigenvalue weighted by atomic mass is 15.1. The zero-order valence-electron chi connectivity index (χ0n) is 11.0. The summed E-state index contributed by atoms with van der Waals surface area (Å²) in [6.45, 7) is 4.86. The molecule has 6 atom stereocenters. The van der Waals surface area contributed by atoms with Crippen molar-refractivity contribution in [1.29, 1.82) is 0 Å². The molecule has 2 heteroatoms. The number of nitrogens with one attached hydrogen (secondary N) is 2. The van der Waals surface area contributed by atoms with Crippen molar-refractivity contribution < 1.29 is 0 Å². The lowest BCUT2D eigenvalue weighted by atomic mass is 9.94. The van der Waals surface area contributed by atoms with Crippen LogP contribution < -0.4 is 10.6 Å². The van der Waals surface area contributed by atoms with Gasteiger partial charge < -0.3 is 10.6 Å². The van der Waals surface area contributed by atoms with Crippen molar-refractivity contribution in [1.82, 2.24) is 10.6 Å². The minimum absolute atomic E-state index is 0.748. The van der Waals surface area contributed by atoms with E-state index in [4.69, 9.17) is 0 Å². The van der Waals surface area contributed by atoms with E-state index >= 15 is 0 Å². The summed E-state index contributed by atoms with van der Waals surface area (Å²) in [5.41, 5.74) is 0. The second-order valence-corrected chi connectivity index (χ2v) is 7.20. The van der Waals surface area contributed by atoms with E-state index in [0.717, 1.165) is 41.7 Å². The fraction of sp³-hybridized carbons (Fsp3) is 1.00. The summed E-state index contributed by atoms with van der Waals surface area (Å²) in [6, 6.07) is 1.66. The molecule has 0 radical (unpaired) electrons. The summed E-state index contributed by atoms with van der Waals surface area (Å²) in [5, 5.41) is 7.56. The van der Waals surface area contributed by atoms with Crippen molar-refractivity contribution in [3.8, 4) is 0 Å². The maximum atomic E-state index is 3.89. The summed E-state index contributed by atoms with van der Waals surface area (Å²) < 4.78 is 0. The summed E-state index contributed by atoms with van der Waals surface area (Å²) >= 11 is 0. The van der Waals surface area contributed by atoms with Gasteiger partial charge in [-0.15, -0.1) is 0 Å². The average molecular weight is 234 g/mol. The van der Waals surface area contributed by atoms with Crippen molar-refractivity contribution in [2.45, 2.75) is 51.1 Å². The second kappa shape index (κ2) is 3.96. The van der Waals surface area contributed by atoms with E-state index in [2.05, 4.69) is 17.6 Å². The van der Waals surface area contributed by atoms with E-state index in [9.17, 15) is 0 Å². The van der Waals surface area contributed by atoms with Crippen LogP contribution in [0.3, 0.4) is 0 Å². The molecule has 0 aromatic heterocycles. The molecule has 0 spiro atoms. The highest BCUT2D eigenvalue weighted by molar-refractivity contribution is 5.16. The van der Waals surface area contributed by atoms with E-state index in [-0.39, 0.29) is 0 Å². The van der Waals surface area contributed by atoms with Gasteiger partial charge in [0.05, 0.1) is 0 Å². The molecule has 2 nitrogen and oxygen atoms in total. The minimum Gasteiger partial charge on any atom is -0.313 e. The molecule has 3 saturated carbocycles. The van der Waals surface area contributed by atoms with Crippen LogP contribution in [0, 0.1) is 29.6 Å². The minimum atomic E-state index is 0.748. The van der Waals surface area contributed by atoms with Gasteiger partial charge >= 0.3 is 0 Å². The molecule has 17 heavy (non-hydrogen) atoms. The molecular formula is C15H26N2. The number of piperidine rings is 1. The molecule has 0 amide bonds. The number of hydrogen-bond acceptors (Lipinski definition) is 2. The van der Waals surface area contributed by atoms with E-state index < -0.39 is 0 Å². The van der Waals surface area contributed by atoms with E-state index in [1.165, 1.54) is 25.9 Å². The third-order valence-electron chi connectivity index (χ3n) is 6.09. The second-order valence-electron chi connectivity index (χ2n) is 7.20. The van der Waals surface area contributed by atoms with Gasteiger partial charge in [-0.1, -0.05) is 6.92 Å². The molecule has 2 N–H and O–H groups in total. The molecule has 2 bridgehead atoms. The SMILES string of the molecule is CC1CCNC(CNC2C3C4CCC(C4)C23)C1. The molecule has 1 heterocycles. The lowest BCUT2D eigenvalue weighted by molar-refractivity contribution is 0.304. The van der Waals surface area contributed by atoms with Crippen LogP contribution in [0.2, 0.25) is 0 Å². The lowest BCUT2D eigenvalue weighted by Crippen LogP contribution is -2.45. The smallest absolute Gasteiger partial charge is 0.0195 e. The normalized spacial score (nSPS) is 55.9. The molecule has 4 rings (SSSR count). The summed E-state index contributed by atoms with van der Waals surface area (Å²) in [7, 11) is 0. The van der Waals surface area contributed by atoms with Gasteiger partial charge in [-0.25, -0.2) is 0 Å². The fourth-order valence-corrected chi connectivity index (χ4v) is 5.25. The van der Waals surface area contributed by atoms with E-state index in [1.807, 2.05) is 0 Å². The lowest BCUT2D eigenvalue weighted by Gasteiger charge is -2.28. The van der Waals surface area contributed by atoms with Gasteiger partial charge in [-0.2, -0.15) is 0 Å². The van der Waals surface area contributed by atoms with E-state index in [0.29, 0.717) is 0 Å². The van der Waals surface area contributed by atoms with Crippen LogP contribution in [-0.2, 0) is 0 Å². The molecule has 4 aliphatic rings. The van der Waals surface area contributed by atoms with Crippen LogP contribution in [0.5, 0.6) is 0 Å². The monoisotopic (exact) mass is 234 g/mol. The third kappa shape index (κ3) is 1.76. The van der Waals surface area contributed by atoms with Crippen LogP contribution in [0.25, 0.3) is 0 Å². The zero-order chi connectivity index (χ0) is 11.4. The quantitative estimate of drug-likeness (QED) is 0.780. The first-order chi connectivity index (χ1) is 8.33. The van der Waals surface area contributed by atoms with Crippen LogP contribution in [0.15, 0.2) is 0 Å². The molecular weight excluding hydrogens is 208 g/mol. The van der Waals surface area contributed by atoms with Gasteiger partial charge in [-0.05, 0) is 68.2 Å². The Labute approximate surface area is 105 Å². The molecule has 1 saturated heterocycles. The summed E-state index contributed by atoms with van der Waals surface area (Å²) in [5.74, 6) is 5.34. The Morgan fingerprint density at radius 2 is 1.82 bits per heavy atom. The first-order valence-electron chi connectivity index (χ1n) is 7.79. The highest BCUT2D eigenvalue weighted by Crippen LogP contribution is 2.65. The van der Waals surface area contributed by atoms with Gasteiger partial charge in [-0.3, -0.25) is 0 Å². The number of rotatable bonds is 3. The summed E-state index contributed by atoms with van der Waals surface area (Å²) in [4.78, 5) is 0. The molecule has 1 aliphatic heterocycles. The molecule has 0 aromatic carbocycles. The van der Waals surface area contributed by atoms with Gasteiger partial charge in [0.2, 0.25) is 0 Å². The third-order valence-corrected chi connectivity index (χ3v) is 6.09. The molecule has 3 aliphatic carbocycles. The van der Waals surface area contributed by atoms with Crippen LogP contribution >= 0.6 is 0 Å². The molecule has 0 aromatic rings. The zero-order valence-corrected chi connectivity index (χ0v) is 11.0. The predicted molar refractivity (Wildman–Crippen MR) is 69.8 cm³/mol. The standard InChI is InChI=1S/C15H26N2/c1-9-4-5-16-12(6-9)8-17-15-13-10-2-3-11(7-10)14(13)15/h9-17H,2-8H2,1H3. The summed E-state index contributed by atoms with van der Waals surface area (Å²) in [6.07, 6.45) is 7.41. The Morgan fingerprint density at radius 1 is 1.06 bits per heavy atom. The van der Waals surface area contributed by atoms with Gasteiger partial charge in [0.15, 0.2) is 0 Å². The highest BCUT2D eigenvalue weighted by Gasteiger charge is 2.64. The van der Waals surface area contributed by atoms with Gasteiger partial charge in [0.1, 0.15) is 0 Å². The van der Waals surface area contributed by atoms with Crippen molar-refractivity contribution in [2.24, 2.45) is 29.6 Å². The largest absolute Gasteiger partial charge is 0.313 e. The van der Waals surface area contributed by atoms with Crippen molar-refractivity contribution in [2.75, 3.05) is 13.1 Å². The van der Waals surface area contributed by atoms with Crippen LogP contribution in [-0.4, -0.2) is 25.2 Å². The maximum absolute atomic E-state index is 3.89. The van der Waals surface area contributed by atoms with Crippen LogP contribution in [0.1, 0.15) is 39.0 Å². The predicted octanol–water partition coefficient (Wildman–Crippen LogP) is 2.01. The van der Waals surface area contributed by atoms with E-state index in [1.54, 1.807) is 19.3 Å². The van der Waals surface area contributed by atoms with Gasteiger partial charge in [0.25, 0.3) is 0 Å². The first kappa shape index (κ1) is 10.8. The van der Waals surface area contributed by atoms with Crippen LogP contribution in [0.4, 0.5) is 0 Å². The molecule has 96 valence electrons. The topological polar surface area (TPSA) is 24.1 Å². The Bertz CT molecular complexity index is 287. The van der Waals surface area contributed by atoms with Crippen molar-refractivity contribution >= 4 is 0 Å². The maximum Gasteiger partial charge on any atom is 0.0195 e. The molecule has 4 fully saturated rings. The van der Waals surface area contributed by atoms with Crippen molar-refractivity contribution in [3.63, 3.8) is 0 Å². The molecule has 6 unspecified atom stereocenters. The number of hydrogen-bond donors (Lipinski definition) is 2. The Morgan fingerprint density at radius 3 is 2.53 bits per heavy atom. The first-order valence-corrected chi connectivity index (χ1v) is 7.79. The Kier molecular flexibility index (Phi) is 2.52. The number of fused-ring (bicyclic) bond motifs is 5. The fourth-order valence-electron chi connectivity index (χ4n) is 5.25. The van der Waals surface area contributed by atoms with Gasteiger partial charge in [0, 0.05) is 18.6 Å². The average Bonchev–Trinajstić information content (AvgIpc) is 2.72. The Hall–Kier alpha value is -0.0800. The van der Waals surface area contributed by atoms with Crippen molar-refractivity contribution in [3.05, 3.63) is 0 Å². The Balaban J connectivity index is 1.27.